The van der Waals surface area contributed by atoms with Crippen LogP contribution in [0.15, 0.2) is 0 Å². The van der Waals surface area contributed by atoms with E-state index < -0.39 is 0 Å². The number of rotatable bonds is 9. The molecule has 0 aliphatic carbocycles. The van der Waals surface area contributed by atoms with Crippen LogP contribution < -0.4 is 10.2 Å². The van der Waals surface area contributed by atoms with E-state index in [1.54, 1.807) is 0 Å². The van der Waals surface area contributed by atoms with Crippen molar-refractivity contribution in [2.75, 3.05) is 29.9 Å². The highest BCUT2D eigenvalue weighted by atomic mass is 35.5. The van der Waals surface area contributed by atoms with Gasteiger partial charge in [-0.25, -0.2) is 0 Å². The van der Waals surface area contributed by atoms with Gasteiger partial charge in [-0.15, -0.1) is 0 Å². The molecule has 7 heteroatoms. The monoisotopic (exact) mass is 301 g/mol. The molecule has 2 N–H and O–H groups in total. The zero-order valence-corrected chi connectivity index (χ0v) is 13.2. The lowest BCUT2D eigenvalue weighted by atomic mass is 10.1. The third-order valence-electron chi connectivity index (χ3n) is 3.11. The maximum Gasteiger partial charge on any atom is 0.231 e. The molecule has 0 aromatic carbocycles. The summed E-state index contributed by atoms with van der Waals surface area (Å²) >= 11 is 5.97. The van der Waals surface area contributed by atoms with Gasteiger partial charge in [0, 0.05) is 19.1 Å². The molecule has 6 nitrogen and oxygen atoms in total. The Morgan fingerprint density at radius 1 is 1.20 bits per heavy atom. The van der Waals surface area contributed by atoms with Gasteiger partial charge in [-0.3, -0.25) is 0 Å². The van der Waals surface area contributed by atoms with E-state index in [-0.39, 0.29) is 17.9 Å². The van der Waals surface area contributed by atoms with Crippen LogP contribution in [0.3, 0.4) is 0 Å². The molecule has 0 atom stereocenters. The van der Waals surface area contributed by atoms with Crippen molar-refractivity contribution in [3.63, 3.8) is 0 Å². The van der Waals surface area contributed by atoms with Gasteiger partial charge in [-0.05, 0) is 30.9 Å². The normalized spacial score (nSPS) is 10.9. The average molecular weight is 302 g/mol. The van der Waals surface area contributed by atoms with E-state index in [1.807, 2.05) is 4.90 Å². The molecular weight excluding hydrogens is 278 g/mol. The first kappa shape index (κ1) is 16.9. The van der Waals surface area contributed by atoms with Crippen LogP contribution in [-0.4, -0.2) is 45.8 Å². The molecule has 0 aliphatic rings. The molecule has 0 saturated carbocycles. The van der Waals surface area contributed by atoms with Gasteiger partial charge in [0.05, 0.1) is 6.61 Å². The van der Waals surface area contributed by atoms with E-state index in [0.717, 1.165) is 25.8 Å². The molecule has 1 aromatic heterocycles. The molecular formula is C13H24ClN5O. The summed E-state index contributed by atoms with van der Waals surface area (Å²) < 4.78 is 0. The smallest absolute Gasteiger partial charge is 0.231 e. The van der Waals surface area contributed by atoms with E-state index in [2.05, 4.69) is 41.0 Å². The molecule has 1 aromatic rings. The van der Waals surface area contributed by atoms with E-state index in [1.165, 1.54) is 0 Å². The lowest BCUT2D eigenvalue weighted by molar-refractivity contribution is 0.295. The van der Waals surface area contributed by atoms with Crippen molar-refractivity contribution in [1.29, 1.82) is 0 Å². The van der Waals surface area contributed by atoms with Crippen molar-refractivity contribution in [3.8, 4) is 0 Å². The third-order valence-corrected chi connectivity index (χ3v) is 3.28. The van der Waals surface area contributed by atoms with Crippen LogP contribution in [0.4, 0.5) is 11.9 Å². The zero-order chi connectivity index (χ0) is 15.0. The summed E-state index contributed by atoms with van der Waals surface area (Å²) in [5, 5.41) is 12.5. The molecule has 0 saturated heterocycles. The van der Waals surface area contributed by atoms with Gasteiger partial charge >= 0.3 is 0 Å². The Morgan fingerprint density at radius 2 is 1.90 bits per heavy atom. The van der Waals surface area contributed by atoms with Crippen LogP contribution >= 0.6 is 11.6 Å². The Kier molecular flexibility index (Phi) is 7.54. The highest BCUT2D eigenvalue weighted by Gasteiger charge is 2.19. The number of hydrogen-bond donors (Lipinski definition) is 2. The SMILES string of the molecule is CCCNc1nc(Cl)nc(N(CCO)C(CC)CC)n1. The number of hydrogen-bond acceptors (Lipinski definition) is 6. The first-order chi connectivity index (χ1) is 9.65. The summed E-state index contributed by atoms with van der Waals surface area (Å²) in [6.07, 6.45) is 2.89. The van der Waals surface area contributed by atoms with Crippen molar-refractivity contribution in [1.82, 2.24) is 15.0 Å². The standard InChI is InChI=1S/C13H24ClN5O/c1-4-7-15-12-16-11(14)17-13(18-12)19(8-9-20)10(5-2)6-3/h10,20H,4-9H2,1-3H3,(H,15,16,17,18). The van der Waals surface area contributed by atoms with Crippen LogP contribution in [0.25, 0.3) is 0 Å². The Labute approximate surface area is 125 Å². The van der Waals surface area contributed by atoms with Crippen molar-refractivity contribution in [2.45, 2.75) is 46.1 Å². The molecule has 1 rings (SSSR count). The average Bonchev–Trinajstić information content (AvgIpc) is 2.44. The second kappa shape index (κ2) is 8.92. The van der Waals surface area contributed by atoms with Crippen LogP contribution in [0, 0.1) is 0 Å². The Morgan fingerprint density at radius 3 is 2.45 bits per heavy atom. The fourth-order valence-electron chi connectivity index (χ4n) is 2.07. The first-order valence-corrected chi connectivity index (χ1v) is 7.56. The lowest BCUT2D eigenvalue weighted by Gasteiger charge is -2.30. The van der Waals surface area contributed by atoms with Crippen molar-refractivity contribution in [3.05, 3.63) is 5.28 Å². The van der Waals surface area contributed by atoms with Gasteiger partial charge in [-0.1, -0.05) is 20.8 Å². The quantitative estimate of drug-likeness (QED) is 0.729. The molecule has 0 radical (unpaired) electrons. The summed E-state index contributed by atoms with van der Waals surface area (Å²) in [6, 6.07) is 0.277. The molecule has 0 aliphatic heterocycles. The second-order valence-corrected chi connectivity index (χ2v) is 4.88. The molecule has 20 heavy (non-hydrogen) atoms. The minimum Gasteiger partial charge on any atom is -0.395 e. The van der Waals surface area contributed by atoms with Gasteiger partial charge in [0.1, 0.15) is 0 Å². The Balaban J connectivity index is 3.02. The van der Waals surface area contributed by atoms with Crippen molar-refractivity contribution >= 4 is 23.5 Å². The van der Waals surface area contributed by atoms with Crippen LogP contribution in [0.1, 0.15) is 40.0 Å². The Hall–Kier alpha value is -1.14. The van der Waals surface area contributed by atoms with Crippen molar-refractivity contribution in [2.24, 2.45) is 0 Å². The zero-order valence-electron chi connectivity index (χ0n) is 12.4. The predicted molar refractivity (Wildman–Crippen MR) is 82.4 cm³/mol. The van der Waals surface area contributed by atoms with E-state index in [0.29, 0.717) is 18.4 Å². The molecule has 114 valence electrons. The largest absolute Gasteiger partial charge is 0.395 e. The first-order valence-electron chi connectivity index (χ1n) is 7.19. The number of aromatic nitrogens is 3. The van der Waals surface area contributed by atoms with E-state index in [9.17, 15) is 5.11 Å². The van der Waals surface area contributed by atoms with Crippen LogP contribution in [-0.2, 0) is 0 Å². The predicted octanol–water partition coefficient (Wildman–Crippen LogP) is 2.33. The molecule has 1 heterocycles. The maximum atomic E-state index is 9.26. The number of anilines is 2. The van der Waals surface area contributed by atoms with Crippen LogP contribution in [0.2, 0.25) is 5.28 Å². The van der Waals surface area contributed by atoms with Gasteiger partial charge in [-0.2, -0.15) is 15.0 Å². The fraction of sp³-hybridized carbons (Fsp3) is 0.769. The highest BCUT2D eigenvalue weighted by molar-refractivity contribution is 6.28. The molecule has 0 unspecified atom stereocenters. The summed E-state index contributed by atoms with van der Waals surface area (Å²) in [5.74, 6) is 1.00. The Bertz CT molecular complexity index is 400. The summed E-state index contributed by atoms with van der Waals surface area (Å²) in [4.78, 5) is 14.7. The van der Waals surface area contributed by atoms with Gasteiger partial charge < -0.3 is 15.3 Å². The second-order valence-electron chi connectivity index (χ2n) is 4.54. The third kappa shape index (κ3) is 4.76. The van der Waals surface area contributed by atoms with Gasteiger partial charge in [0.15, 0.2) is 0 Å². The molecule has 0 bridgehead atoms. The number of halogens is 1. The number of nitrogens with zero attached hydrogens (tertiary/aromatic N) is 4. The fourth-order valence-corrected chi connectivity index (χ4v) is 2.22. The summed E-state index contributed by atoms with van der Waals surface area (Å²) in [7, 11) is 0. The van der Waals surface area contributed by atoms with Crippen molar-refractivity contribution < 1.29 is 5.11 Å². The molecule has 0 spiro atoms. The number of aliphatic hydroxyl groups excluding tert-OH is 1. The van der Waals surface area contributed by atoms with E-state index >= 15 is 0 Å². The summed E-state index contributed by atoms with van der Waals surface area (Å²) in [5.41, 5.74) is 0. The summed E-state index contributed by atoms with van der Waals surface area (Å²) in [6.45, 7) is 7.61. The van der Waals surface area contributed by atoms with Gasteiger partial charge in [0.25, 0.3) is 0 Å². The molecule has 0 amide bonds. The highest BCUT2D eigenvalue weighted by Crippen LogP contribution is 2.19. The minimum atomic E-state index is 0.0531. The molecule has 0 fully saturated rings. The maximum absolute atomic E-state index is 9.26. The van der Waals surface area contributed by atoms with Gasteiger partial charge in [0.2, 0.25) is 17.2 Å². The van der Waals surface area contributed by atoms with Crippen LogP contribution in [0.5, 0.6) is 0 Å². The minimum absolute atomic E-state index is 0.0531. The lowest BCUT2D eigenvalue weighted by Crippen LogP contribution is -2.38. The topological polar surface area (TPSA) is 74.2 Å². The number of aliphatic hydroxyl groups is 1. The number of nitrogens with one attached hydrogen (secondary N) is 1. The van der Waals surface area contributed by atoms with E-state index in [4.69, 9.17) is 11.6 Å².